The molecule has 0 aromatic heterocycles. The molecular weight excluding hydrogens is 372 g/mol. The van der Waals surface area contributed by atoms with Crippen molar-refractivity contribution in [2.24, 2.45) is 0 Å². The molecule has 0 spiro atoms. The van der Waals surface area contributed by atoms with Gasteiger partial charge in [0.05, 0.1) is 12.8 Å². The van der Waals surface area contributed by atoms with E-state index in [9.17, 15) is 19.6 Å². The largest absolute Gasteiger partial charge is 0.497 e. The Kier molecular flexibility index (Phi) is 7.26. The van der Waals surface area contributed by atoms with Crippen molar-refractivity contribution in [2.75, 3.05) is 12.4 Å². The second-order valence-electron chi connectivity index (χ2n) is 6.08. The van der Waals surface area contributed by atoms with Gasteiger partial charge in [-0.1, -0.05) is 24.3 Å². The van der Waals surface area contributed by atoms with E-state index in [2.05, 4.69) is 5.32 Å². The van der Waals surface area contributed by atoms with Crippen LogP contribution in [0.1, 0.15) is 29.8 Å². The van der Waals surface area contributed by atoms with Gasteiger partial charge in [0.25, 0.3) is 5.91 Å². The lowest BCUT2D eigenvalue weighted by atomic mass is 10.1. The minimum absolute atomic E-state index is 0.210. The van der Waals surface area contributed by atoms with Crippen LogP contribution >= 0.6 is 0 Å². The molecule has 2 aromatic rings. The number of rotatable bonds is 7. The number of nitrogens with one attached hydrogen (secondary N) is 1. The SMILES string of the molecule is COc1cccc(/C=C(\C#N)C(=O)O[C@H](C)C(=O)Nc2ccccc2C(C)=O)c1. The van der Waals surface area contributed by atoms with Crippen molar-refractivity contribution < 1.29 is 23.9 Å². The third kappa shape index (κ3) is 5.78. The van der Waals surface area contributed by atoms with Crippen LogP contribution in [0.5, 0.6) is 5.75 Å². The number of ether oxygens (including phenoxy) is 2. The Bertz CT molecular complexity index is 1000. The first kappa shape index (κ1) is 21.4. The summed E-state index contributed by atoms with van der Waals surface area (Å²) < 4.78 is 10.2. The Morgan fingerprint density at radius 2 is 1.86 bits per heavy atom. The van der Waals surface area contributed by atoms with E-state index in [0.29, 0.717) is 22.6 Å². The lowest BCUT2D eigenvalue weighted by Crippen LogP contribution is -2.30. The summed E-state index contributed by atoms with van der Waals surface area (Å²) in [7, 11) is 1.51. The standard InChI is InChI=1S/C22H20N2O5/c1-14(25)19-9-4-5-10-20(19)24-21(26)15(2)29-22(27)17(13-23)11-16-7-6-8-18(12-16)28-3/h4-12,15H,1-3H3,(H,24,26)/b17-11+/t15-/m1/s1. The van der Waals surface area contributed by atoms with Crippen molar-refractivity contribution in [1.29, 1.82) is 5.26 Å². The second-order valence-corrected chi connectivity index (χ2v) is 6.08. The molecule has 0 radical (unpaired) electrons. The molecular formula is C22H20N2O5. The number of hydrogen-bond acceptors (Lipinski definition) is 6. The van der Waals surface area contributed by atoms with Crippen molar-refractivity contribution in [3.63, 3.8) is 0 Å². The predicted octanol–water partition coefficient (Wildman–Crippen LogP) is 3.38. The average molecular weight is 392 g/mol. The number of hydrogen-bond donors (Lipinski definition) is 1. The van der Waals surface area contributed by atoms with Crippen molar-refractivity contribution >= 4 is 29.4 Å². The fraction of sp³-hybridized carbons (Fsp3) is 0.182. The number of carbonyl (C=O) groups is 3. The molecule has 2 aromatic carbocycles. The molecule has 0 saturated carbocycles. The number of Topliss-reactive ketones (excluding diaryl/α,β-unsaturated/α-hetero) is 1. The van der Waals surface area contributed by atoms with Gasteiger partial charge < -0.3 is 14.8 Å². The summed E-state index contributed by atoms with van der Waals surface area (Å²) in [6.07, 6.45) is 0.171. The quantitative estimate of drug-likeness (QED) is 0.335. The molecule has 29 heavy (non-hydrogen) atoms. The van der Waals surface area contributed by atoms with Crippen LogP contribution in [0.4, 0.5) is 5.69 Å². The van der Waals surface area contributed by atoms with Crippen molar-refractivity contribution in [2.45, 2.75) is 20.0 Å². The van der Waals surface area contributed by atoms with Gasteiger partial charge >= 0.3 is 5.97 Å². The first-order valence-corrected chi connectivity index (χ1v) is 8.73. The molecule has 0 unspecified atom stereocenters. The lowest BCUT2D eigenvalue weighted by Gasteiger charge is -2.14. The Hall–Kier alpha value is -3.92. The molecule has 148 valence electrons. The highest BCUT2D eigenvalue weighted by atomic mass is 16.5. The summed E-state index contributed by atoms with van der Waals surface area (Å²) in [6.45, 7) is 2.77. The summed E-state index contributed by atoms with van der Waals surface area (Å²) in [6, 6.07) is 15.1. The van der Waals surface area contributed by atoms with Gasteiger partial charge in [-0.3, -0.25) is 9.59 Å². The highest BCUT2D eigenvalue weighted by Gasteiger charge is 2.21. The van der Waals surface area contributed by atoms with E-state index in [1.54, 1.807) is 54.6 Å². The van der Waals surface area contributed by atoms with E-state index in [-0.39, 0.29) is 11.4 Å². The zero-order valence-corrected chi connectivity index (χ0v) is 16.3. The molecule has 0 aliphatic carbocycles. The highest BCUT2D eigenvalue weighted by molar-refractivity contribution is 6.05. The zero-order valence-electron chi connectivity index (χ0n) is 16.3. The summed E-state index contributed by atoms with van der Waals surface area (Å²) in [5.74, 6) is -1.19. The van der Waals surface area contributed by atoms with Crippen molar-refractivity contribution in [3.05, 3.63) is 65.2 Å². The summed E-state index contributed by atoms with van der Waals surface area (Å²) in [5, 5.41) is 11.8. The Morgan fingerprint density at radius 1 is 1.14 bits per heavy atom. The first-order chi connectivity index (χ1) is 13.8. The van der Waals surface area contributed by atoms with Crippen LogP contribution < -0.4 is 10.1 Å². The molecule has 0 fully saturated rings. The maximum absolute atomic E-state index is 12.4. The van der Waals surface area contributed by atoms with Gasteiger partial charge in [-0.05, 0) is 49.8 Å². The van der Waals surface area contributed by atoms with Crippen LogP contribution in [0.2, 0.25) is 0 Å². The fourth-order valence-electron chi connectivity index (χ4n) is 2.45. The Morgan fingerprint density at radius 3 is 2.52 bits per heavy atom. The molecule has 7 heteroatoms. The lowest BCUT2D eigenvalue weighted by molar-refractivity contribution is -0.148. The Labute approximate surface area is 168 Å². The number of carbonyl (C=O) groups excluding carboxylic acids is 3. The van der Waals surface area contributed by atoms with Gasteiger partial charge in [-0.2, -0.15) is 5.26 Å². The van der Waals surface area contributed by atoms with Crippen LogP contribution in [0.3, 0.4) is 0 Å². The van der Waals surface area contributed by atoms with Crippen LogP contribution in [0, 0.1) is 11.3 Å². The van der Waals surface area contributed by atoms with E-state index in [4.69, 9.17) is 9.47 Å². The van der Waals surface area contributed by atoms with Gasteiger partial charge in [-0.15, -0.1) is 0 Å². The molecule has 0 heterocycles. The number of benzene rings is 2. The van der Waals surface area contributed by atoms with Crippen molar-refractivity contribution in [1.82, 2.24) is 0 Å². The highest BCUT2D eigenvalue weighted by Crippen LogP contribution is 2.18. The van der Waals surface area contributed by atoms with E-state index in [0.717, 1.165) is 0 Å². The second kappa shape index (κ2) is 9.85. The third-order valence-electron chi connectivity index (χ3n) is 3.96. The molecule has 1 amide bonds. The van der Waals surface area contributed by atoms with Gasteiger partial charge in [0.1, 0.15) is 17.4 Å². The number of para-hydroxylation sites is 1. The molecule has 2 rings (SSSR count). The van der Waals surface area contributed by atoms with E-state index in [1.165, 1.54) is 27.0 Å². The maximum Gasteiger partial charge on any atom is 0.349 e. The first-order valence-electron chi connectivity index (χ1n) is 8.73. The number of nitriles is 1. The topological polar surface area (TPSA) is 105 Å². The van der Waals surface area contributed by atoms with Crippen LogP contribution in [0.15, 0.2) is 54.1 Å². The molecule has 0 aliphatic heterocycles. The smallest absolute Gasteiger partial charge is 0.349 e. The van der Waals surface area contributed by atoms with Crippen LogP contribution in [-0.4, -0.2) is 30.9 Å². The number of amides is 1. The minimum Gasteiger partial charge on any atom is -0.497 e. The van der Waals surface area contributed by atoms with Gasteiger partial charge in [0.2, 0.25) is 0 Å². The molecule has 0 saturated heterocycles. The normalized spacial score (nSPS) is 11.7. The van der Waals surface area contributed by atoms with Gasteiger partial charge in [0.15, 0.2) is 11.9 Å². The summed E-state index contributed by atoms with van der Waals surface area (Å²) >= 11 is 0. The monoisotopic (exact) mass is 392 g/mol. The molecule has 1 N–H and O–H groups in total. The number of ketones is 1. The van der Waals surface area contributed by atoms with E-state index < -0.39 is 18.0 Å². The van der Waals surface area contributed by atoms with E-state index in [1.807, 2.05) is 0 Å². The zero-order chi connectivity index (χ0) is 21.4. The third-order valence-corrected chi connectivity index (χ3v) is 3.96. The summed E-state index contributed by atoms with van der Waals surface area (Å²) in [5.41, 5.74) is 0.975. The Balaban J connectivity index is 2.10. The number of anilines is 1. The number of esters is 1. The van der Waals surface area contributed by atoms with Crippen LogP contribution in [-0.2, 0) is 14.3 Å². The molecule has 7 nitrogen and oxygen atoms in total. The van der Waals surface area contributed by atoms with Crippen LogP contribution in [0.25, 0.3) is 6.08 Å². The summed E-state index contributed by atoms with van der Waals surface area (Å²) in [4.78, 5) is 36.3. The number of methoxy groups -OCH3 is 1. The van der Waals surface area contributed by atoms with Gasteiger partial charge in [0, 0.05) is 5.56 Å². The fourth-order valence-corrected chi connectivity index (χ4v) is 2.45. The molecule has 0 bridgehead atoms. The average Bonchev–Trinajstić information content (AvgIpc) is 2.72. The van der Waals surface area contributed by atoms with Gasteiger partial charge in [-0.25, -0.2) is 4.79 Å². The molecule has 1 atom stereocenters. The van der Waals surface area contributed by atoms with E-state index >= 15 is 0 Å². The molecule has 0 aliphatic rings. The number of nitrogens with zero attached hydrogens (tertiary/aromatic N) is 1. The maximum atomic E-state index is 12.4. The predicted molar refractivity (Wildman–Crippen MR) is 107 cm³/mol. The van der Waals surface area contributed by atoms with Crippen molar-refractivity contribution in [3.8, 4) is 11.8 Å². The minimum atomic E-state index is -1.18.